The molecule has 1 aromatic carbocycles. The van der Waals surface area contributed by atoms with Crippen LogP contribution >= 0.6 is 0 Å². The van der Waals surface area contributed by atoms with Crippen molar-refractivity contribution in [2.24, 2.45) is 0 Å². The van der Waals surface area contributed by atoms with Crippen molar-refractivity contribution in [2.45, 2.75) is 5.51 Å². The molecule has 27 heavy (non-hydrogen) atoms. The van der Waals surface area contributed by atoms with Gasteiger partial charge in [-0.3, -0.25) is 9.97 Å². The molecule has 0 unspecified atom stereocenters. The van der Waals surface area contributed by atoms with E-state index >= 15 is 0 Å². The van der Waals surface area contributed by atoms with Gasteiger partial charge in [-0.15, -0.1) is 0 Å². The Balaban J connectivity index is 0.000000395. The SMILES string of the molecule is O=S(=O)([O-])C(F)(F)F.[Pd+2].[c-]1ccccc1.c1ccc(-c2ccccn2)nc1. The number of pyridine rings is 2. The van der Waals surface area contributed by atoms with Gasteiger partial charge in [0.05, 0.1) is 11.4 Å². The van der Waals surface area contributed by atoms with Crippen molar-refractivity contribution in [1.29, 1.82) is 0 Å². The molecule has 146 valence electrons. The molecule has 3 aromatic rings. The van der Waals surface area contributed by atoms with Crippen molar-refractivity contribution in [3.8, 4) is 11.4 Å². The Kier molecular flexibility index (Phi) is 11.3. The molecule has 0 fully saturated rings. The van der Waals surface area contributed by atoms with Crippen LogP contribution in [0, 0.1) is 6.07 Å². The van der Waals surface area contributed by atoms with Crippen LogP contribution < -0.4 is 0 Å². The van der Waals surface area contributed by atoms with Crippen molar-refractivity contribution < 1.29 is 46.6 Å². The van der Waals surface area contributed by atoms with Crippen LogP contribution in [0.15, 0.2) is 79.1 Å². The third kappa shape index (κ3) is 10.6. The van der Waals surface area contributed by atoms with Crippen LogP contribution in [0.1, 0.15) is 0 Å². The molecule has 0 aliphatic carbocycles. The Labute approximate surface area is 168 Å². The largest absolute Gasteiger partial charge is 2.00 e. The molecule has 0 bridgehead atoms. The van der Waals surface area contributed by atoms with E-state index in [4.69, 9.17) is 13.0 Å². The first-order chi connectivity index (χ1) is 12.2. The standard InChI is InChI=1S/C10H8N2.C6H5.CHF3O3S.Pd/c1-3-7-11-9(5-1)10-6-2-4-8-12-10;1-2-4-6-5-3-1;2-1(3,4)8(5,6)7;/h1-8H;1-5H;(H,5,6,7);/q;-1;;+2/p-1. The van der Waals surface area contributed by atoms with E-state index in [2.05, 4.69) is 16.0 Å². The van der Waals surface area contributed by atoms with Gasteiger partial charge in [-0.1, -0.05) is 12.1 Å². The van der Waals surface area contributed by atoms with Crippen LogP contribution in [-0.2, 0) is 30.5 Å². The Bertz CT molecular complexity index is 787. The van der Waals surface area contributed by atoms with Crippen molar-refractivity contribution in [2.75, 3.05) is 0 Å². The predicted octanol–water partition coefficient (Wildman–Crippen LogP) is 3.68. The number of halogens is 3. The third-order valence-electron chi connectivity index (χ3n) is 2.48. The van der Waals surface area contributed by atoms with Gasteiger partial charge < -0.3 is 4.55 Å². The number of alkyl halides is 3. The number of benzene rings is 1. The van der Waals surface area contributed by atoms with Gasteiger partial charge in [0, 0.05) is 12.4 Å². The first-order valence-electron chi connectivity index (χ1n) is 6.97. The first-order valence-corrected chi connectivity index (χ1v) is 8.38. The van der Waals surface area contributed by atoms with Crippen molar-refractivity contribution in [1.82, 2.24) is 9.97 Å². The van der Waals surface area contributed by atoms with Gasteiger partial charge in [-0.25, -0.2) is 8.42 Å². The average molecular weight is 489 g/mol. The van der Waals surface area contributed by atoms with Gasteiger partial charge in [-0.05, 0) is 24.3 Å². The van der Waals surface area contributed by atoms with E-state index in [1.54, 1.807) is 12.4 Å². The second-order valence-electron chi connectivity index (χ2n) is 4.41. The molecule has 0 saturated heterocycles. The molecule has 0 radical (unpaired) electrons. The summed E-state index contributed by atoms with van der Waals surface area (Å²) in [6.45, 7) is 0. The normalized spacial score (nSPS) is 10.2. The summed E-state index contributed by atoms with van der Waals surface area (Å²) in [5.41, 5.74) is -3.82. The van der Waals surface area contributed by atoms with Crippen LogP contribution in [0.25, 0.3) is 11.4 Å². The van der Waals surface area contributed by atoms with Gasteiger partial charge in [0.15, 0.2) is 10.1 Å². The number of aromatic nitrogens is 2. The molecule has 0 aliphatic heterocycles. The molecule has 0 aliphatic rings. The summed E-state index contributed by atoms with van der Waals surface area (Å²) in [6.07, 6.45) is 3.54. The second kappa shape index (κ2) is 12.3. The summed E-state index contributed by atoms with van der Waals surface area (Å²) in [4.78, 5) is 8.37. The fourth-order valence-electron chi connectivity index (χ4n) is 1.37. The Morgan fingerprint density at radius 2 is 1.22 bits per heavy atom. The summed E-state index contributed by atoms with van der Waals surface area (Å²) in [5.74, 6) is 0. The summed E-state index contributed by atoms with van der Waals surface area (Å²) in [5, 5.41) is 0. The van der Waals surface area contributed by atoms with Gasteiger partial charge in [0.25, 0.3) is 0 Å². The van der Waals surface area contributed by atoms with Gasteiger partial charge in [0.2, 0.25) is 0 Å². The van der Waals surface area contributed by atoms with Crippen molar-refractivity contribution in [3.63, 3.8) is 0 Å². The first kappa shape index (κ1) is 24.9. The molecule has 0 saturated carbocycles. The molecule has 0 atom stereocenters. The topological polar surface area (TPSA) is 83.0 Å². The Morgan fingerprint density at radius 1 is 0.815 bits per heavy atom. The third-order valence-corrected chi connectivity index (χ3v) is 3.05. The van der Waals surface area contributed by atoms with Crippen LogP contribution in [0.4, 0.5) is 13.2 Å². The molecular weight excluding hydrogens is 476 g/mol. The number of hydrogen-bond acceptors (Lipinski definition) is 5. The van der Waals surface area contributed by atoms with Crippen LogP contribution in [-0.4, -0.2) is 28.4 Å². The zero-order valence-corrected chi connectivity index (χ0v) is 15.9. The molecule has 2 aromatic heterocycles. The average Bonchev–Trinajstić information content (AvgIpc) is 2.64. The molecule has 0 spiro atoms. The van der Waals surface area contributed by atoms with Crippen LogP contribution in [0.3, 0.4) is 0 Å². The van der Waals surface area contributed by atoms with E-state index in [1.807, 2.05) is 66.7 Å². The number of rotatable bonds is 1. The van der Waals surface area contributed by atoms with E-state index in [9.17, 15) is 13.2 Å². The second-order valence-corrected chi connectivity index (χ2v) is 5.78. The monoisotopic (exact) mass is 488 g/mol. The van der Waals surface area contributed by atoms with Crippen LogP contribution in [0.2, 0.25) is 0 Å². The minimum Gasteiger partial charge on any atom is -0.741 e. The Hall–Kier alpha value is -2.12. The maximum atomic E-state index is 10.7. The summed E-state index contributed by atoms with van der Waals surface area (Å²) in [7, 11) is -6.09. The predicted molar refractivity (Wildman–Crippen MR) is 88.5 cm³/mol. The summed E-state index contributed by atoms with van der Waals surface area (Å²) < 4.78 is 58.9. The summed E-state index contributed by atoms with van der Waals surface area (Å²) in [6, 6.07) is 24.1. The van der Waals surface area contributed by atoms with E-state index < -0.39 is 15.6 Å². The zero-order chi connectivity index (χ0) is 19.5. The number of hydrogen-bond donors (Lipinski definition) is 0. The maximum Gasteiger partial charge on any atom is 2.00 e. The molecule has 0 amide bonds. The van der Waals surface area contributed by atoms with E-state index in [0.29, 0.717) is 0 Å². The Morgan fingerprint density at radius 3 is 1.41 bits per heavy atom. The van der Waals surface area contributed by atoms with Gasteiger partial charge >= 0.3 is 25.9 Å². The van der Waals surface area contributed by atoms with Gasteiger partial charge in [-0.2, -0.15) is 49.6 Å². The molecule has 5 nitrogen and oxygen atoms in total. The quantitative estimate of drug-likeness (QED) is 0.226. The van der Waals surface area contributed by atoms with Gasteiger partial charge in [0.1, 0.15) is 0 Å². The fourth-order valence-corrected chi connectivity index (χ4v) is 1.37. The van der Waals surface area contributed by atoms with Crippen LogP contribution in [0.5, 0.6) is 0 Å². The van der Waals surface area contributed by atoms with Crippen molar-refractivity contribution >= 4 is 10.1 Å². The molecule has 3 rings (SSSR count). The molecule has 10 heteroatoms. The molecule has 2 heterocycles. The summed E-state index contributed by atoms with van der Waals surface area (Å²) >= 11 is 0. The number of nitrogens with zero attached hydrogens (tertiary/aromatic N) is 2. The van der Waals surface area contributed by atoms with E-state index in [1.165, 1.54) is 0 Å². The minimum atomic E-state index is -6.09. The zero-order valence-electron chi connectivity index (χ0n) is 13.5. The maximum absolute atomic E-state index is 10.7. The van der Waals surface area contributed by atoms with E-state index in [0.717, 1.165) is 11.4 Å². The molecule has 0 N–H and O–H groups in total. The minimum absolute atomic E-state index is 0. The molecular formula is C17H13F3N2O3PdS. The van der Waals surface area contributed by atoms with E-state index in [-0.39, 0.29) is 20.4 Å². The smallest absolute Gasteiger partial charge is 0.741 e. The fraction of sp³-hybridized carbons (Fsp3) is 0.0588. The van der Waals surface area contributed by atoms with Crippen molar-refractivity contribution in [3.05, 3.63) is 85.2 Å².